The van der Waals surface area contributed by atoms with Gasteiger partial charge in [-0.25, -0.2) is 8.78 Å². The Hall–Kier alpha value is -1.46. The van der Waals surface area contributed by atoms with Crippen LogP contribution in [0, 0.1) is 5.41 Å². The molecule has 2 atom stereocenters. The summed E-state index contributed by atoms with van der Waals surface area (Å²) < 4.78 is 33.8. The van der Waals surface area contributed by atoms with Crippen LogP contribution in [-0.4, -0.2) is 68.9 Å². The van der Waals surface area contributed by atoms with Gasteiger partial charge < -0.3 is 14.9 Å². The quantitative estimate of drug-likeness (QED) is 0.617. The predicted molar refractivity (Wildman–Crippen MR) is 117 cm³/mol. The first-order valence-corrected chi connectivity index (χ1v) is 12.0. The summed E-state index contributed by atoms with van der Waals surface area (Å²) in [4.78, 5) is 4.24. The van der Waals surface area contributed by atoms with Crippen molar-refractivity contribution >= 4 is 11.3 Å². The van der Waals surface area contributed by atoms with Gasteiger partial charge in [0.1, 0.15) is 5.60 Å². The van der Waals surface area contributed by atoms with Crippen LogP contribution in [0.2, 0.25) is 0 Å². The summed E-state index contributed by atoms with van der Waals surface area (Å²) in [5.74, 6) is 0. The Labute approximate surface area is 191 Å². The van der Waals surface area contributed by atoms with E-state index >= 15 is 0 Å². The van der Waals surface area contributed by atoms with Crippen molar-refractivity contribution in [2.75, 3.05) is 26.4 Å². The van der Waals surface area contributed by atoms with Crippen LogP contribution in [0.1, 0.15) is 47.7 Å². The van der Waals surface area contributed by atoms with Gasteiger partial charge in [0.25, 0.3) is 0 Å². The lowest BCUT2D eigenvalue weighted by Crippen LogP contribution is -2.50. The number of aliphatic hydroxyl groups is 2. The van der Waals surface area contributed by atoms with Gasteiger partial charge in [0.05, 0.1) is 32.1 Å². The molecule has 0 aromatic carbocycles. The van der Waals surface area contributed by atoms with Crippen LogP contribution in [0.25, 0.3) is 0 Å². The average Bonchev–Trinajstić information content (AvgIpc) is 3.37. The fourth-order valence-electron chi connectivity index (χ4n) is 4.79. The molecule has 2 aliphatic rings. The molecule has 1 fully saturated rings. The minimum atomic E-state index is -2.33. The highest BCUT2D eigenvalue weighted by Gasteiger charge is 2.45. The van der Waals surface area contributed by atoms with E-state index in [1.807, 2.05) is 12.3 Å². The fraction of sp³-hybridized carbons (Fsp3) is 0.727. The van der Waals surface area contributed by atoms with Crippen molar-refractivity contribution in [2.45, 2.75) is 70.7 Å². The fourth-order valence-corrected chi connectivity index (χ4v) is 6.19. The minimum absolute atomic E-state index is 0.131. The SMILES string of the molecule is C[C@H]1C[C@@]2(CCN1Cc1cn(CC(C)(CO)CO)nn1)OCCc1cc(CC(F)F)sc12. The van der Waals surface area contributed by atoms with E-state index in [0.29, 0.717) is 19.7 Å². The number of aliphatic hydroxyl groups excluding tert-OH is 2. The third kappa shape index (κ3) is 4.89. The topological polar surface area (TPSA) is 83.6 Å². The van der Waals surface area contributed by atoms with E-state index in [-0.39, 0.29) is 31.3 Å². The zero-order valence-corrected chi connectivity index (χ0v) is 19.5. The molecular weight excluding hydrogens is 438 g/mol. The maximum absolute atomic E-state index is 12.9. The minimum Gasteiger partial charge on any atom is -0.396 e. The van der Waals surface area contributed by atoms with Crippen LogP contribution >= 0.6 is 11.3 Å². The molecule has 0 radical (unpaired) electrons. The number of halogens is 2. The van der Waals surface area contributed by atoms with Crippen molar-refractivity contribution in [1.29, 1.82) is 0 Å². The number of piperidine rings is 1. The van der Waals surface area contributed by atoms with Crippen molar-refractivity contribution in [2.24, 2.45) is 5.41 Å². The highest BCUT2D eigenvalue weighted by molar-refractivity contribution is 7.12. The predicted octanol–water partition coefficient (Wildman–Crippen LogP) is 2.59. The summed E-state index contributed by atoms with van der Waals surface area (Å²) in [6, 6.07) is 2.19. The second kappa shape index (κ2) is 9.42. The number of alkyl halides is 2. The molecule has 0 bridgehead atoms. The summed E-state index contributed by atoms with van der Waals surface area (Å²) in [6.07, 6.45) is 1.78. The molecule has 0 unspecified atom stereocenters. The molecule has 1 saturated heterocycles. The molecule has 0 saturated carbocycles. The summed E-state index contributed by atoms with van der Waals surface area (Å²) in [6.45, 7) is 6.21. The molecule has 1 spiro atoms. The first kappa shape index (κ1) is 23.7. The van der Waals surface area contributed by atoms with Gasteiger partial charge in [-0.3, -0.25) is 9.58 Å². The molecule has 178 valence electrons. The van der Waals surface area contributed by atoms with Gasteiger partial charge in [0, 0.05) is 46.9 Å². The Balaban J connectivity index is 1.42. The van der Waals surface area contributed by atoms with E-state index in [4.69, 9.17) is 4.74 Å². The molecule has 2 aromatic rings. The molecule has 2 aromatic heterocycles. The highest BCUT2D eigenvalue weighted by atomic mass is 32.1. The van der Waals surface area contributed by atoms with Crippen LogP contribution in [0.4, 0.5) is 8.78 Å². The molecule has 32 heavy (non-hydrogen) atoms. The molecule has 0 amide bonds. The van der Waals surface area contributed by atoms with Gasteiger partial charge in [-0.1, -0.05) is 12.1 Å². The highest BCUT2D eigenvalue weighted by Crippen LogP contribution is 2.47. The molecule has 2 aliphatic heterocycles. The molecular formula is C22H32F2N4O3S. The van der Waals surface area contributed by atoms with Crippen molar-refractivity contribution in [1.82, 2.24) is 19.9 Å². The lowest BCUT2D eigenvalue weighted by molar-refractivity contribution is -0.110. The number of likely N-dealkylation sites (tertiary alicyclic amines) is 1. The van der Waals surface area contributed by atoms with Gasteiger partial charge in [0.15, 0.2) is 0 Å². The third-order valence-corrected chi connectivity index (χ3v) is 8.07. The standard InChI is InChI=1S/C22H32F2N4O3S/c1-15-9-22(20-16(3-6-31-22)7-18(32-20)8-19(23)24)4-5-27(15)10-17-11-28(26-25-17)12-21(2,13-29)14-30/h7,11,15,19,29-30H,3-6,8-10,12-14H2,1-2H3/t15-,22+/m0/s1. The zero-order valence-electron chi connectivity index (χ0n) is 18.6. The lowest BCUT2D eigenvalue weighted by atomic mass is 9.82. The molecule has 7 nitrogen and oxygen atoms in total. The van der Waals surface area contributed by atoms with Gasteiger partial charge in [-0.05, 0) is 37.8 Å². The number of nitrogens with zero attached hydrogens (tertiary/aromatic N) is 4. The Kier molecular flexibility index (Phi) is 6.97. The van der Waals surface area contributed by atoms with E-state index in [2.05, 4.69) is 22.1 Å². The van der Waals surface area contributed by atoms with Crippen molar-refractivity contribution in [3.05, 3.63) is 33.3 Å². The summed E-state index contributed by atoms with van der Waals surface area (Å²) in [5, 5.41) is 27.4. The number of fused-ring (bicyclic) bond motifs is 2. The molecule has 10 heteroatoms. The van der Waals surface area contributed by atoms with E-state index in [9.17, 15) is 19.0 Å². The van der Waals surface area contributed by atoms with Crippen LogP contribution in [0.15, 0.2) is 12.3 Å². The molecule has 4 rings (SSSR count). The lowest BCUT2D eigenvalue weighted by Gasteiger charge is -2.46. The van der Waals surface area contributed by atoms with Crippen LogP contribution in [0.5, 0.6) is 0 Å². The monoisotopic (exact) mass is 470 g/mol. The Morgan fingerprint density at radius 2 is 2.16 bits per heavy atom. The van der Waals surface area contributed by atoms with E-state index in [1.54, 1.807) is 11.6 Å². The molecule has 2 N–H and O–H groups in total. The van der Waals surface area contributed by atoms with Gasteiger partial charge >= 0.3 is 0 Å². The number of hydrogen-bond donors (Lipinski definition) is 2. The maximum Gasteiger partial charge on any atom is 0.243 e. The van der Waals surface area contributed by atoms with E-state index < -0.39 is 11.8 Å². The first-order chi connectivity index (χ1) is 15.3. The third-order valence-electron chi connectivity index (χ3n) is 6.69. The Morgan fingerprint density at radius 1 is 1.38 bits per heavy atom. The second-order valence-corrected chi connectivity index (χ2v) is 10.7. The van der Waals surface area contributed by atoms with E-state index in [0.717, 1.165) is 41.3 Å². The number of thiophene rings is 1. The summed E-state index contributed by atoms with van der Waals surface area (Å²) in [5.41, 5.74) is 0.995. The Bertz CT molecular complexity index is 917. The maximum atomic E-state index is 12.9. The summed E-state index contributed by atoms with van der Waals surface area (Å²) in [7, 11) is 0. The van der Waals surface area contributed by atoms with Crippen LogP contribution < -0.4 is 0 Å². The van der Waals surface area contributed by atoms with Gasteiger partial charge in [0.2, 0.25) is 6.43 Å². The molecule has 0 aliphatic carbocycles. The summed E-state index contributed by atoms with van der Waals surface area (Å²) >= 11 is 1.50. The number of rotatable bonds is 8. The van der Waals surface area contributed by atoms with Crippen molar-refractivity contribution in [3.63, 3.8) is 0 Å². The van der Waals surface area contributed by atoms with Crippen molar-refractivity contribution < 1.29 is 23.7 Å². The van der Waals surface area contributed by atoms with Crippen LogP contribution in [0.3, 0.4) is 0 Å². The number of aromatic nitrogens is 3. The number of hydrogen-bond acceptors (Lipinski definition) is 7. The van der Waals surface area contributed by atoms with Gasteiger partial charge in [-0.15, -0.1) is 16.4 Å². The Morgan fingerprint density at radius 3 is 2.84 bits per heavy atom. The van der Waals surface area contributed by atoms with Gasteiger partial charge in [-0.2, -0.15) is 0 Å². The second-order valence-electron chi connectivity index (χ2n) is 9.56. The largest absolute Gasteiger partial charge is 0.396 e. The van der Waals surface area contributed by atoms with Crippen LogP contribution in [-0.2, 0) is 36.3 Å². The smallest absolute Gasteiger partial charge is 0.243 e. The van der Waals surface area contributed by atoms with Crippen molar-refractivity contribution in [3.8, 4) is 0 Å². The average molecular weight is 471 g/mol. The molecule has 4 heterocycles. The first-order valence-electron chi connectivity index (χ1n) is 11.1. The normalized spacial score (nSPS) is 24.4. The van der Waals surface area contributed by atoms with E-state index in [1.165, 1.54) is 16.9 Å². The number of ether oxygens (including phenoxy) is 1. The zero-order chi connectivity index (χ0) is 22.9.